The van der Waals surface area contributed by atoms with Crippen molar-refractivity contribution in [3.63, 3.8) is 0 Å². The molecule has 156 valence electrons. The number of ether oxygens (including phenoxy) is 2. The van der Waals surface area contributed by atoms with E-state index in [4.69, 9.17) is 9.47 Å². The van der Waals surface area contributed by atoms with Gasteiger partial charge in [0.2, 0.25) is 0 Å². The van der Waals surface area contributed by atoms with Crippen LogP contribution < -0.4 is 9.47 Å². The largest absolute Gasteiger partial charge is 0.490 e. The molecule has 3 rings (SSSR count). The van der Waals surface area contributed by atoms with E-state index in [9.17, 15) is 4.79 Å². The van der Waals surface area contributed by atoms with Gasteiger partial charge < -0.3 is 14.4 Å². The van der Waals surface area contributed by atoms with E-state index in [1.807, 2.05) is 36.1 Å². The molecule has 1 aromatic heterocycles. The van der Waals surface area contributed by atoms with Crippen molar-refractivity contribution in [2.24, 2.45) is 5.92 Å². The Bertz CT molecular complexity index is 787. The number of nitrogens with zero attached hydrogens (tertiary/aromatic N) is 3. The first-order valence-electron chi connectivity index (χ1n) is 10.4. The van der Waals surface area contributed by atoms with E-state index in [1.165, 1.54) is 0 Å². The summed E-state index contributed by atoms with van der Waals surface area (Å²) in [7, 11) is 0. The molecule has 1 aliphatic heterocycles. The van der Waals surface area contributed by atoms with Gasteiger partial charge in [0.05, 0.1) is 6.61 Å². The zero-order valence-corrected chi connectivity index (χ0v) is 17.6. The van der Waals surface area contributed by atoms with E-state index in [1.54, 1.807) is 18.5 Å². The zero-order valence-electron chi connectivity index (χ0n) is 17.6. The smallest absolute Gasteiger partial charge is 0.254 e. The van der Waals surface area contributed by atoms with Gasteiger partial charge in [-0.25, -0.2) is 0 Å². The average molecular weight is 398 g/mol. The van der Waals surface area contributed by atoms with Gasteiger partial charge in [0.1, 0.15) is 6.61 Å². The first kappa shape index (κ1) is 21.1. The van der Waals surface area contributed by atoms with Gasteiger partial charge in [0.25, 0.3) is 5.91 Å². The van der Waals surface area contributed by atoms with Gasteiger partial charge in [0, 0.05) is 56.2 Å². The molecule has 0 spiro atoms. The third-order valence-electron chi connectivity index (χ3n) is 4.89. The quantitative estimate of drug-likeness (QED) is 0.683. The maximum atomic E-state index is 13.0. The third kappa shape index (κ3) is 5.94. The lowest BCUT2D eigenvalue weighted by molar-refractivity contribution is 0.0623. The van der Waals surface area contributed by atoms with Crippen LogP contribution in [0.3, 0.4) is 0 Å². The fourth-order valence-corrected chi connectivity index (χ4v) is 3.51. The summed E-state index contributed by atoms with van der Waals surface area (Å²) in [6.07, 6.45) is 3.51. The summed E-state index contributed by atoms with van der Waals surface area (Å²) in [5, 5.41) is 0. The number of aromatic nitrogens is 1. The van der Waals surface area contributed by atoms with Gasteiger partial charge in [-0.05, 0) is 37.1 Å². The number of carbonyl (C=O) groups is 1. The molecule has 0 saturated carbocycles. The lowest BCUT2D eigenvalue weighted by Crippen LogP contribution is -2.49. The number of carbonyl (C=O) groups excluding carboxylic acids is 1. The number of benzene rings is 1. The highest BCUT2D eigenvalue weighted by Crippen LogP contribution is 2.30. The van der Waals surface area contributed by atoms with Crippen LogP contribution in [-0.4, -0.2) is 60.0 Å². The molecule has 6 heteroatoms. The van der Waals surface area contributed by atoms with Crippen LogP contribution in [0.4, 0.5) is 0 Å². The summed E-state index contributed by atoms with van der Waals surface area (Å²) in [5.74, 6) is 1.92. The normalized spacial score (nSPS) is 14.8. The Morgan fingerprint density at radius 3 is 2.55 bits per heavy atom. The predicted molar refractivity (Wildman–Crippen MR) is 113 cm³/mol. The van der Waals surface area contributed by atoms with Crippen molar-refractivity contribution in [3.8, 4) is 11.5 Å². The fourth-order valence-electron chi connectivity index (χ4n) is 3.51. The summed E-state index contributed by atoms with van der Waals surface area (Å²) < 4.78 is 11.7. The van der Waals surface area contributed by atoms with Gasteiger partial charge in [-0.15, -0.1) is 0 Å². The van der Waals surface area contributed by atoms with Gasteiger partial charge in [-0.3, -0.25) is 14.7 Å². The molecule has 6 nitrogen and oxygen atoms in total. The molecule has 0 aliphatic carbocycles. The first-order chi connectivity index (χ1) is 14.1. The second-order valence-electron chi connectivity index (χ2n) is 7.73. The minimum absolute atomic E-state index is 0.0500. The maximum absolute atomic E-state index is 13.0. The Labute approximate surface area is 173 Å². The Hall–Kier alpha value is -2.60. The van der Waals surface area contributed by atoms with E-state index in [-0.39, 0.29) is 5.91 Å². The SMILES string of the molecule is CCOc1cc(C(=O)N2CCN(CC(C)C)CC2)ccc1OCc1cccnc1. The Morgan fingerprint density at radius 2 is 1.90 bits per heavy atom. The van der Waals surface area contributed by atoms with Crippen LogP contribution >= 0.6 is 0 Å². The van der Waals surface area contributed by atoms with Crippen molar-refractivity contribution in [3.05, 3.63) is 53.9 Å². The van der Waals surface area contributed by atoms with E-state index < -0.39 is 0 Å². The van der Waals surface area contributed by atoms with Crippen LogP contribution in [0, 0.1) is 5.92 Å². The highest BCUT2D eigenvalue weighted by Gasteiger charge is 2.23. The van der Waals surface area contributed by atoms with E-state index in [0.717, 1.165) is 38.3 Å². The van der Waals surface area contributed by atoms with Crippen LogP contribution in [-0.2, 0) is 6.61 Å². The summed E-state index contributed by atoms with van der Waals surface area (Å²) in [4.78, 5) is 21.4. The van der Waals surface area contributed by atoms with E-state index in [2.05, 4.69) is 23.7 Å². The van der Waals surface area contributed by atoms with Gasteiger partial charge in [-0.1, -0.05) is 19.9 Å². The van der Waals surface area contributed by atoms with Crippen molar-refractivity contribution in [2.75, 3.05) is 39.3 Å². The maximum Gasteiger partial charge on any atom is 0.254 e. The van der Waals surface area contributed by atoms with Crippen LogP contribution in [0.1, 0.15) is 36.7 Å². The topological polar surface area (TPSA) is 54.9 Å². The van der Waals surface area contributed by atoms with Crippen molar-refractivity contribution >= 4 is 5.91 Å². The monoisotopic (exact) mass is 397 g/mol. The van der Waals surface area contributed by atoms with Crippen LogP contribution in [0.5, 0.6) is 11.5 Å². The molecule has 0 unspecified atom stereocenters. The molecule has 1 fully saturated rings. The Kier molecular flexibility index (Phi) is 7.47. The van der Waals surface area contributed by atoms with Gasteiger partial charge >= 0.3 is 0 Å². The first-order valence-corrected chi connectivity index (χ1v) is 10.4. The molecule has 1 aromatic carbocycles. The van der Waals surface area contributed by atoms with Crippen molar-refractivity contribution in [1.82, 2.24) is 14.8 Å². The molecular formula is C23H31N3O3. The number of pyridine rings is 1. The number of rotatable bonds is 8. The summed E-state index contributed by atoms with van der Waals surface area (Å²) in [6.45, 7) is 11.7. The minimum atomic E-state index is 0.0500. The molecular weight excluding hydrogens is 366 g/mol. The average Bonchev–Trinajstić information content (AvgIpc) is 2.73. The number of hydrogen-bond acceptors (Lipinski definition) is 5. The molecule has 2 heterocycles. The van der Waals surface area contributed by atoms with E-state index in [0.29, 0.717) is 36.2 Å². The number of piperazine rings is 1. The predicted octanol–water partition coefficient (Wildman–Crippen LogP) is 3.47. The Balaban J connectivity index is 1.65. The van der Waals surface area contributed by atoms with Gasteiger partial charge in [-0.2, -0.15) is 0 Å². The fraction of sp³-hybridized carbons (Fsp3) is 0.478. The second kappa shape index (κ2) is 10.3. The van der Waals surface area contributed by atoms with Crippen molar-refractivity contribution in [1.29, 1.82) is 0 Å². The number of hydrogen-bond donors (Lipinski definition) is 0. The minimum Gasteiger partial charge on any atom is -0.490 e. The van der Waals surface area contributed by atoms with Crippen molar-refractivity contribution in [2.45, 2.75) is 27.4 Å². The van der Waals surface area contributed by atoms with Crippen LogP contribution in [0.2, 0.25) is 0 Å². The lowest BCUT2D eigenvalue weighted by atomic mass is 10.1. The number of amides is 1. The molecule has 1 amide bonds. The van der Waals surface area contributed by atoms with Crippen LogP contribution in [0.25, 0.3) is 0 Å². The molecule has 0 bridgehead atoms. The van der Waals surface area contributed by atoms with E-state index >= 15 is 0 Å². The summed E-state index contributed by atoms with van der Waals surface area (Å²) in [5.41, 5.74) is 1.62. The standard InChI is InChI=1S/C23H31N3O3/c1-4-28-22-14-20(7-8-21(22)29-17-19-6-5-9-24-15-19)23(27)26-12-10-25(11-13-26)16-18(2)3/h5-9,14-15,18H,4,10-13,16-17H2,1-3H3. The molecule has 0 radical (unpaired) electrons. The highest BCUT2D eigenvalue weighted by atomic mass is 16.5. The molecule has 1 aliphatic rings. The van der Waals surface area contributed by atoms with Crippen molar-refractivity contribution < 1.29 is 14.3 Å². The highest BCUT2D eigenvalue weighted by molar-refractivity contribution is 5.95. The van der Waals surface area contributed by atoms with Gasteiger partial charge in [0.15, 0.2) is 11.5 Å². The second-order valence-corrected chi connectivity index (χ2v) is 7.73. The summed E-state index contributed by atoms with van der Waals surface area (Å²) >= 11 is 0. The third-order valence-corrected chi connectivity index (χ3v) is 4.89. The molecule has 0 N–H and O–H groups in total. The van der Waals surface area contributed by atoms with Crippen LogP contribution in [0.15, 0.2) is 42.7 Å². The molecule has 29 heavy (non-hydrogen) atoms. The zero-order chi connectivity index (χ0) is 20.6. The Morgan fingerprint density at radius 1 is 1.10 bits per heavy atom. The molecule has 0 atom stereocenters. The lowest BCUT2D eigenvalue weighted by Gasteiger charge is -2.35. The molecule has 1 saturated heterocycles. The summed E-state index contributed by atoms with van der Waals surface area (Å²) in [6, 6.07) is 9.29. The molecule has 2 aromatic rings.